The maximum absolute atomic E-state index is 14.7. The number of fused-ring (bicyclic) bond motifs is 3. The molecule has 0 saturated heterocycles. The van der Waals surface area contributed by atoms with E-state index in [1.54, 1.807) is 25.2 Å². The van der Waals surface area contributed by atoms with E-state index < -0.39 is 29.2 Å². The standard InChI is InChI=1S/C20H25F3N2O/c1-18-10-6-5-9-15(18)16-12-24-13-25(16)19(18,20(21,22)23)11-17(26)14-7-3-2-4-8-14/h5-6,9-10,12-15,17,26H,2-4,7-8,11H2,1H3. The number of rotatable bonds is 3. The highest BCUT2D eigenvalue weighted by Crippen LogP contribution is 2.65. The second-order valence-electron chi connectivity index (χ2n) is 8.22. The molecule has 1 aromatic rings. The first-order valence-electron chi connectivity index (χ1n) is 9.45. The van der Waals surface area contributed by atoms with Crippen LogP contribution in [-0.2, 0) is 5.54 Å². The minimum absolute atomic E-state index is 0.0549. The van der Waals surface area contributed by atoms with Crippen molar-refractivity contribution in [3.63, 3.8) is 0 Å². The van der Waals surface area contributed by atoms with Gasteiger partial charge in [-0.1, -0.05) is 50.5 Å². The molecule has 26 heavy (non-hydrogen) atoms. The molecule has 1 aliphatic heterocycles. The molecule has 4 unspecified atom stereocenters. The van der Waals surface area contributed by atoms with Gasteiger partial charge in [-0.3, -0.25) is 0 Å². The molecular formula is C20H25F3N2O. The number of hydrogen-bond donors (Lipinski definition) is 1. The quantitative estimate of drug-likeness (QED) is 0.842. The molecule has 0 aromatic carbocycles. The molecule has 2 aliphatic carbocycles. The van der Waals surface area contributed by atoms with E-state index in [4.69, 9.17) is 0 Å². The maximum Gasteiger partial charge on any atom is 0.412 e. The minimum atomic E-state index is -4.50. The molecule has 6 heteroatoms. The zero-order valence-corrected chi connectivity index (χ0v) is 14.9. The van der Waals surface area contributed by atoms with Crippen LogP contribution in [0.1, 0.15) is 57.1 Å². The number of nitrogens with zero attached hydrogens (tertiary/aromatic N) is 2. The fourth-order valence-electron chi connectivity index (χ4n) is 5.51. The van der Waals surface area contributed by atoms with E-state index in [0.29, 0.717) is 5.69 Å². The van der Waals surface area contributed by atoms with Gasteiger partial charge in [0.1, 0.15) is 0 Å². The van der Waals surface area contributed by atoms with Crippen molar-refractivity contribution in [3.8, 4) is 0 Å². The molecule has 3 aliphatic rings. The Labute approximate surface area is 151 Å². The van der Waals surface area contributed by atoms with Crippen molar-refractivity contribution in [1.82, 2.24) is 9.55 Å². The van der Waals surface area contributed by atoms with Crippen molar-refractivity contribution in [2.24, 2.45) is 11.3 Å². The van der Waals surface area contributed by atoms with Crippen LogP contribution in [0.5, 0.6) is 0 Å². The second-order valence-corrected chi connectivity index (χ2v) is 8.22. The van der Waals surface area contributed by atoms with Gasteiger partial charge < -0.3 is 9.67 Å². The number of aliphatic hydroxyl groups excluding tert-OH is 1. The molecule has 1 saturated carbocycles. The molecule has 2 heterocycles. The van der Waals surface area contributed by atoms with Crippen molar-refractivity contribution >= 4 is 0 Å². The van der Waals surface area contributed by atoms with Crippen molar-refractivity contribution < 1.29 is 18.3 Å². The predicted octanol–water partition coefficient (Wildman–Crippen LogP) is 4.70. The van der Waals surface area contributed by atoms with Gasteiger partial charge in [0.2, 0.25) is 0 Å². The first-order chi connectivity index (χ1) is 12.3. The van der Waals surface area contributed by atoms with Gasteiger partial charge in [-0.25, -0.2) is 4.98 Å². The van der Waals surface area contributed by atoms with E-state index >= 15 is 0 Å². The highest BCUT2D eigenvalue weighted by atomic mass is 19.4. The van der Waals surface area contributed by atoms with Crippen LogP contribution in [0.15, 0.2) is 36.8 Å². The number of halogens is 3. The molecule has 1 fully saturated rings. The van der Waals surface area contributed by atoms with Crippen LogP contribution in [0.2, 0.25) is 0 Å². The number of allylic oxidation sites excluding steroid dienone is 4. The predicted molar refractivity (Wildman–Crippen MR) is 92.6 cm³/mol. The van der Waals surface area contributed by atoms with Crippen LogP contribution in [0.4, 0.5) is 13.2 Å². The van der Waals surface area contributed by atoms with Crippen molar-refractivity contribution in [1.29, 1.82) is 0 Å². The van der Waals surface area contributed by atoms with Crippen LogP contribution in [0.25, 0.3) is 0 Å². The van der Waals surface area contributed by atoms with Gasteiger partial charge in [0.15, 0.2) is 5.54 Å². The molecule has 1 aromatic heterocycles. The highest BCUT2D eigenvalue weighted by molar-refractivity contribution is 5.40. The Hall–Kier alpha value is -1.56. The average Bonchev–Trinajstić information content (AvgIpc) is 3.15. The first-order valence-corrected chi connectivity index (χ1v) is 9.45. The summed E-state index contributed by atoms with van der Waals surface area (Å²) in [5, 5.41) is 10.9. The number of alkyl halides is 3. The summed E-state index contributed by atoms with van der Waals surface area (Å²) in [7, 11) is 0. The molecule has 0 radical (unpaired) electrons. The number of aliphatic hydroxyl groups is 1. The third kappa shape index (κ3) is 2.27. The Kier molecular flexibility index (Phi) is 4.10. The SMILES string of the molecule is CC12C=CC=CC1c1cncn1C2(CC(O)C1CCCCC1)C(F)(F)F. The molecule has 4 rings (SSSR count). The Bertz CT molecular complexity index is 732. The summed E-state index contributed by atoms with van der Waals surface area (Å²) in [6, 6.07) is 0. The normalized spacial score (nSPS) is 35.3. The van der Waals surface area contributed by atoms with Gasteiger partial charge in [0.05, 0.1) is 12.4 Å². The van der Waals surface area contributed by atoms with Gasteiger partial charge in [0, 0.05) is 29.6 Å². The van der Waals surface area contributed by atoms with Gasteiger partial charge in [-0.2, -0.15) is 13.2 Å². The summed E-state index contributed by atoms with van der Waals surface area (Å²) in [6.45, 7) is 1.67. The summed E-state index contributed by atoms with van der Waals surface area (Å²) in [5.41, 5.74) is -2.79. The average molecular weight is 366 g/mol. The zero-order valence-electron chi connectivity index (χ0n) is 14.9. The van der Waals surface area contributed by atoms with Crippen molar-refractivity contribution in [2.75, 3.05) is 0 Å². The van der Waals surface area contributed by atoms with Crippen LogP contribution in [0.3, 0.4) is 0 Å². The monoisotopic (exact) mass is 366 g/mol. The topological polar surface area (TPSA) is 38.0 Å². The first kappa shape index (κ1) is 17.8. The van der Waals surface area contributed by atoms with E-state index in [1.807, 2.05) is 6.08 Å². The van der Waals surface area contributed by atoms with E-state index in [1.165, 1.54) is 17.1 Å². The van der Waals surface area contributed by atoms with Crippen molar-refractivity contribution in [3.05, 3.63) is 42.5 Å². The summed E-state index contributed by atoms with van der Waals surface area (Å²) in [6.07, 6.45) is 8.72. The minimum Gasteiger partial charge on any atom is -0.393 e. The van der Waals surface area contributed by atoms with E-state index in [9.17, 15) is 18.3 Å². The number of imidazole rings is 1. The summed E-state index contributed by atoms with van der Waals surface area (Å²) < 4.78 is 45.4. The highest BCUT2D eigenvalue weighted by Gasteiger charge is 2.72. The third-order valence-electron chi connectivity index (χ3n) is 6.96. The molecule has 142 valence electrons. The van der Waals surface area contributed by atoms with E-state index in [-0.39, 0.29) is 12.3 Å². The summed E-state index contributed by atoms with van der Waals surface area (Å²) in [4.78, 5) is 4.02. The van der Waals surface area contributed by atoms with Gasteiger partial charge in [-0.05, 0) is 18.8 Å². The Morgan fingerprint density at radius 3 is 2.69 bits per heavy atom. The van der Waals surface area contributed by atoms with Crippen LogP contribution >= 0.6 is 0 Å². The largest absolute Gasteiger partial charge is 0.412 e. The van der Waals surface area contributed by atoms with Gasteiger partial charge >= 0.3 is 6.18 Å². The van der Waals surface area contributed by atoms with E-state index in [2.05, 4.69) is 4.98 Å². The molecule has 0 amide bonds. The van der Waals surface area contributed by atoms with Crippen LogP contribution in [0, 0.1) is 11.3 Å². The smallest absolute Gasteiger partial charge is 0.393 e. The van der Waals surface area contributed by atoms with Gasteiger partial charge in [0.25, 0.3) is 0 Å². The fraction of sp³-hybridized carbons (Fsp3) is 0.650. The lowest BCUT2D eigenvalue weighted by Gasteiger charge is -2.48. The lowest BCUT2D eigenvalue weighted by molar-refractivity contribution is -0.249. The molecule has 4 atom stereocenters. The molecular weight excluding hydrogens is 341 g/mol. The molecule has 1 N–H and O–H groups in total. The summed E-state index contributed by atoms with van der Waals surface area (Å²) in [5.74, 6) is -0.448. The third-order valence-corrected chi connectivity index (χ3v) is 6.96. The van der Waals surface area contributed by atoms with E-state index in [0.717, 1.165) is 32.1 Å². The number of hydrogen-bond acceptors (Lipinski definition) is 2. The van der Waals surface area contributed by atoms with Crippen molar-refractivity contribution in [2.45, 2.75) is 69.2 Å². The Balaban J connectivity index is 1.81. The summed E-state index contributed by atoms with van der Waals surface area (Å²) >= 11 is 0. The maximum atomic E-state index is 14.7. The number of aromatic nitrogens is 2. The fourth-order valence-corrected chi connectivity index (χ4v) is 5.51. The molecule has 0 spiro atoms. The second kappa shape index (κ2) is 5.98. The van der Waals surface area contributed by atoms with Crippen LogP contribution < -0.4 is 0 Å². The zero-order chi connectivity index (χ0) is 18.6. The molecule has 0 bridgehead atoms. The van der Waals surface area contributed by atoms with Gasteiger partial charge in [-0.15, -0.1) is 0 Å². The Morgan fingerprint density at radius 2 is 2.00 bits per heavy atom. The lowest BCUT2D eigenvalue weighted by Crippen LogP contribution is -2.57. The Morgan fingerprint density at radius 1 is 1.27 bits per heavy atom. The molecule has 3 nitrogen and oxygen atoms in total. The van der Waals surface area contributed by atoms with Crippen LogP contribution in [-0.4, -0.2) is 26.9 Å². The lowest BCUT2D eigenvalue weighted by atomic mass is 9.60.